The average Bonchev–Trinajstić information content (AvgIpc) is 3.37. The molecule has 1 fully saturated rings. The summed E-state index contributed by atoms with van der Waals surface area (Å²) in [6.07, 6.45) is 2.56. The zero-order valence-electron chi connectivity index (χ0n) is 19.3. The molecule has 1 atom stereocenters. The van der Waals surface area contributed by atoms with Gasteiger partial charge in [0, 0.05) is 34.8 Å². The molecule has 1 unspecified atom stereocenters. The number of ketones is 1. The summed E-state index contributed by atoms with van der Waals surface area (Å²) >= 11 is 0. The van der Waals surface area contributed by atoms with Crippen LogP contribution in [0.5, 0.6) is 0 Å². The van der Waals surface area contributed by atoms with Gasteiger partial charge < -0.3 is 19.9 Å². The molecule has 1 aliphatic heterocycles. The van der Waals surface area contributed by atoms with E-state index in [0.717, 1.165) is 33.8 Å². The third-order valence-electron chi connectivity index (χ3n) is 6.50. The van der Waals surface area contributed by atoms with E-state index >= 15 is 0 Å². The van der Waals surface area contributed by atoms with E-state index in [9.17, 15) is 14.7 Å². The highest BCUT2D eigenvalue weighted by atomic mass is 16.3. The Hall–Kier alpha value is -3.90. The molecule has 0 aliphatic carbocycles. The lowest BCUT2D eigenvalue weighted by atomic mass is 9.93. The Kier molecular flexibility index (Phi) is 5.67. The van der Waals surface area contributed by atoms with Crippen molar-refractivity contribution in [3.8, 4) is 0 Å². The van der Waals surface area contributed by atoms with Crippen LogP contribution >= 0.6 is 0 Å². The number of rotatable bonds is 6. The topological polar surface area (TPSA) is 76.6 Å². The van der Waals surface area contributed by atoms with Crippen molar-refractivity contribution in [2.24, 2.45) is 0 Å². The number of amides is 1. The Morgan fingerprint density at radius 2 is 1.68 bits per heavy atom. The summed E-state index contributed by atoms with van der Waals surface area (Å²) in [5.41, 5.74) is 2.41. The maximum Gasteiger partial charge on any atom is 0.295 e. The van der Waals surface area contributed by atoms with Crippen molar-refractivity contribution in [1.82, 2.24) is 14.8 Å². The first-order valence-corrected chi connectivity index (χ1v) is 11.4. The SMILES string of the molecule is CN(C)CCCN1C(=O)C(=O)/C(=C(/O)c2cccc3ccccc23)C1c1c[nH]c2ccccc12. The van der Waals surface area contributed by atoms with Crippen molar-refractivity contribution < 1.29 is 14.7 Å². The number of hydrogen-bond donors (Lipinski definition) is 2. The average molecular weight is 454 g/mol. The predicted molar refractivity (Wildman–Crippen MR) is 134 cm³/mol. The van der Waals surface area contributed by atoms with Crippen molar-refractivity contribution >= 4 is 39.1 Å². The molecule has 34 heavy (non-hydrogen) atoms. The molecule has 0 radical (unpaired) electrons. The summed E-state index contributed by atoms with van der Waals surface area (Å²) in [5.74, 6) is -1.36. The van der Waals surface area contributed by atoms with E-state index in [1.165, 1.54) is 0 Å². The third kappa shape index (κ3) is 3.66. The lowest BCUT2D eigenvalue weighted by molar-refractivity contribution is -0.139. The molecule has 4 aromatic rings. The standard InChI is InChI=1S/C28H27N3O3/c1-30(2)15-8-16-31-25(22-17-29-23-14-6-5-12-20(22)23)24(27(33)28(31)34)26(32)21-13-7-10-18-9-3-4-11-19(18)21/h3-7,9-14,17,25,29,32H,8,15-16H2,1-2H3/b26-24+. The first kappa shape index (κ1) is 21.9. The summed E-state index contributed by atoms with van der Waals surface area (Å²) in [6.45, 7) is 1.20. The number of hydrogen-bond acceptors (Lipinski definition) is 4. The molecule has 2 N–H and O–H groups in total. The summed E-state index contributed by atoms with van der Waals surface area (Å²) in [6, 6.07) is 20.4. The molecule has 1 aromatic heterocycles. The Balaban J connectivity index is 1.70. The molecule has 5 rings (SSSR count). The van der Waals surface area contributed by atoms with Gasteiger partial charge in [0.1, 0.15) is 5.76 Å². The first-order valence-electron chi connectivity index (χ1n) is 11.4. The van der Waals surface area contributed by atoms with Gasteiger partial charge in [-0.3, -0.25) is 9.59 Å². The maximum absolute atomic E-state index is 13.4. The van der Waals surface area contributed by atoms with Crippen molar-refractivity contribution in [2.45, 2.75) is 12.5 Å². The number of likely N-dealkylation sites (tertiary alicyclic amines) is 1. The predicted octanol–water partition coefficient (Wildman–Crippen LogP) is 4.69. The van der Waals surface area contributed by atoms with Crippen molar-refractivity contribution in [2.75, 3.05) is 27.2 Å². The van der Waals surface area contributed by atoms with E-state index in [-0.39, 0.29) is 11.3 Å². The number of Topliss-reactive ketones (excluding diaryl/α,β-unsaturated/α-hetero) is 1. The van der Waals surface area contributed by atoms with Gasteiger partial charge in [0.25, 0.3) is 11.7 Å². The van der Waals surface area contributed by atoms with Gasteiger partial charge in [-0.05, 0) is 43.9 Å². The number of aromatic nitrogens is 1. The number of carbonyl (C=O) groups excluding carboxylic acids is 2. The number of aromatic amines is 1. The lowest BCUT2D eigenvalue weighted by Gasteiger charge is -2.25. The molecule has 3 aromatic carbocycles. The fourth-order valence-corrected chi connectivity index (χ4v) is 4.89. The fourth-order valence-electron chi connectivity index (χ4n) is 4.89. The minimum absolute atomic E-state index is 0.135. The van der Waals surface area contributed by atoms with Gasteiger partial charge in [-0.1, -0.05) is 60.7 Å². The third-order valence-corrected chi connectivity index (χ3v) is 6.50. The molecule has 0 spiro atoms. The summed E-state index contributed by atoms with van der Waals surface area (Å²) < 4.78 is 0. The van der Waals surface area contributed by atoms with Crippen LogP contribution in [0.2, 0.25) is 0 Å². The quantitative estimate of drug-likeness (QED) is 0.252. The zero-order chi connectivity index (χ0) is 23.8. The van der Waals surface area contributed by atoms with Gasteiger partial charge in [-0.15, -0.1) is 0 Å². The molecule has 172 valence electrons. The van der Waals surface area contributed by atoms with E-state index < -0.39 is 17.7 Å². The van der Waals surface area contributed by atoms with Crippen LogP contribution in [0, 0.1) is 0 Å². The largest absolute Gasteiger partial charge is 0.507 e. The van der Waals surface area contributed by atoms with Crippen LogP contribution in [-0.2, 0) is 9.59 Å². The number of benzene rings is 3. The minimum atomic E-state index is -0.669. The Bertz CT molecular complexity index is 1430. The molecule has 6 nitrogen and oxygen atoms in total. The summed E-state index contributed by atoms with van der Waals surface area (Å²) in [7, 11) is 3.96. The van der Waals surface area contributed by atoms with Crippen molar-refractivity contribution in [3.05, 3.63) is 89.6 Å². The second-order valence-corrected chi connectivity index (χ2v) is 8.97. The number of para-hydroxylation sites is 1. The van der Waals surface area contributed by atoms with Gasteiger partial charge in [-0.25, -0.2) is 0 Å². The second-order valence-electron chi connectivity index (χ2n) is 8.97. The van der Waals surface area contributed by atoms with Crippen LogP contribution in [0.4, 0.5) is 0 Å². The van der Waals surface area contributed by atoms with Crippen molar-refractivity contribution in [1.29, 1.82) is 0 Å². The minimum Gasteiger partial charge on any atom is -0.507 e. The number of aliphatic hydroxyl groups excluding tert-OH is 1. The van der Waals surface area contributed by atoms with Crippen LogP contribution < -0.4 is 0 Å². The number of carbonyl (C=O) groups is 2. The number of H-pyrrole nitrogens is 1. The van der Waals surface area contributed by atoms with Crippen LogP contribution in [0.3, 0.4) is 0 Å². The van der Waals surface area contributed by atoms with E-state index in [1.807, 2.05) is 85.9 Å². The van der Waals surface area contributed by atoms with Gasteiger partial charge in [0.2, 0.25) is 0 Å². The Labute approximate surface area is 198 Å². The smallest absolute Gasteiger partial charge is 0.295 e. The molecule has 0 saturated carbocycles. The van der Waals surface area contributed by atoms with E-state index in [4.69, 9.17) is 0 Å². The van der Waals surface area contributed by atoms with Gasteiger partial charge in [0.05, 0.1) is 11.6 Å². The maximum atomic E-state index is 13.4. The normalized spacial score (nSPS) is 18.0. The Morgan fingerprint density at radius 1 is 0.971 bits per heavy atom. The lowest BCUT2D eigenvalue weighted by Crippen LogP contribution is -2.32. The molecular formula is C28H27N3O3. The number of nitrogens with one attached hydrogen (secondary N) is 1. The van der Waals surface area contributed by atoms with Crippen LogP contribution in [0.1, 0.15) is 23.6 Å². The summed E-state index contributed by atoms with van der Waals surface area (Å²) in [4.78, 5) is 33.5. The van der Waals surface area contributed by atoms with Crippen molar-refractivity contribution in [3.63, 3.8) is 0 Å². The first-order chi connectivity index (χ1) is 16.5. The van der Waals surface area contributed by atoms with Gasteiger partial charge in [-0.2, -0.15) is 0 Å². The van der Waals surface area contributed by atoms with Crippen LogP contribution in [-0.4, -0.2) is 58.8 Å². The molecule has 1 aliphatic rings. The monoisotopic (exact) mass is 453 g/mol. The zero-order valence-corrected chi connectivity index (χ0v) is 19.3. The van der Waals surface area contributed by atoms with E-state index in [1.54, 1.807) is 11.0 Å². The van der Waals surface area contributed by atoms with Gasteiger partial charge >= 0.3 is 0 Å². The van der Waals surface area contributed by atoms with Gasteiger partial charge in [0.15, 0.2) is 0 Å². The molecule has 1 amide bonds. The Morgan fingerprint density at radius 3 is 2.47 bits per heavy atom. The molecule has 2 heterocycles. The second kappa shape index (κ2) is 8.80. The van der Waals surface area contributed by atoms with Crippen LogP contribution in [0.15, 0.2) is 78.5 Å². The number of nitrogens with zero attached hydrogens (tertiary/aromatic N) is 2. The molecule has 1 saturated heterocycles. The highest BCUT2D eigenvalue weighted by Crippen LogP contribution is 2.42. The summed E-state index contributed by atoms with van der Waals surface area (Å²) in [5, 5.41) is 14.3. The highest BCUT2D eigenvalue weighted by molar-refractivity contribution is 6.46. The number of fused-ring (bicyclic) bond motifs is 2. The fraction of sp³-hybridized carbons (Fsp3) is 0.214. The molecule has 6 heteroatoms. The van der Waals surface area contributed by atoms with Crippen LogP contribution in [0.25, 0.3) is 27.4 Å². The highest BCUT2D eigenvalue weighted by Gasteiger charge is 2.46. The van der Waals surface area contributed by atoms with E-state index in [0.29, 0.717) is 18.5 Å². The molecule has 0 bridgehead atoms. The number of aliphatic hydroxyl groups is 1. The molecular weight excluding hydrogens is 426 g/mol. The van der Waals surface area contributed by atoms with E-state index in [2.05, 4.69) is 4.98 Å².